The molecule has 0 N–H and O–H groups in total. The highest BCUT2D eigenvalue weighted by Crippen LogP contribution is 2.65. The quantitative estimate of drug-likeness (QED) is 0.159. The first-order valence-electron chi connectivity index (χ1n) is 28.6. The van der Waals surface area contributed by atoms with E-state index in [1.165, 1.54) is 66.8 Å². The predicted octanol–water partition coefficient (Wildman–Crippen LogP) is 20.8. The normalized spacial score (nSPS) is 13.7. The maximum absolute atomic E-state index is 6.67. The first-order valence-corrected chi connectivity index (χ1v) is 28.6. The van der Waals surface area contributed by atoms with Crippen LogP contribution in [0.1, 0.15) is 44.5 Å². The second-order valence-corrected chi connectivity index (χ2v) is 22.1. The molecular formula is C80H51NO2. The molecule has 0 saturated carbocycles. The zero-order valence-corrected chi connectivity index (χ0v) is 45.2. The van der Waals surface area contributed by atoms with E-state index in [4.69, 9.17) is 9.47 Å². The van der Waals surface area contributed by atoms with Crippen molar-refractivity contribution in [2.75, 3.05) is 4.90 Å². The minimum absolute atomic E-state index is 0.550. The lowest BCUT2D eigenvalue weighted by Gasteiger charge is -2.39. The summed E-state index contributed by atoms with van der Waals surface area (Å²) in [5.41, 5.74) is 26.2. The van der Waals surface area contributed by atoms with Gasteiger partial charge in [0.15, 0.2) is 0 Å². The van der Waals surface area contributed by atoms with Crippen LogP contribution in [0.15, 0.2) is 309 Å². The minimum atomic E-state index is -0.550. The number of fused-ring (bicyclic) bond motifs is 18. The van der Waals surface area contributed by atoms with Crippen molar-refractivity contribution >= 4 is 17.1 Å². The second-order valence-electron chi connectivity index (χ2n) is 22.1. The van der Waals surface area contributed by atoms with Crippen molar-refractivity contribution < 1.29 is 9.47 Å². The van der Waals surface area contributed by atoms with Crippen LogP contribution in [0.25, 0.3) is 66.8 Å². The summed E-state index contributed by atoms with van der Waals surface area (Å²) in [5.74, 6) is 3.57. The number of hydrogen-bond acceptors (Lipinski definition) is 3. The second kappa shape index (κ2) is 18.4. The van der Waals surface area contributed by atoms with Crippen LogP contribution in [-0.4, -0.2) is 0 Å². The maximum Gasteiger partial charge on any atom is 0.132 e. The predicted molar refractivity (Wildman–Crippen MR) is 338 cm³/mol. The van der Waals surface area contributed by atoms with Gasteiger partial charge in [-0.25, -0.2) is 0 Å². The van der Waals surface area contributed by atoms with Crippen LogP contribution in [0.4, 0.5) is 17.1 Å². The molecule has 13 aromatic carbocycles. The first-order chi connectivity index (χ1) is 41.2. The van der Waals surface area contributed by atoms with Crippen molar-refractivity contribution in [2.45, 2.75) is 10.8 Å². The smallest absolute Gasteiger partial charge is 0.132 e. The fraction of sp³-hybridized carbons (Fsp3) is 0.0250. The molecule has 2 spiro atoms. The van der Waals surface area contributed by atoms with Crippen molar-refractivity contribution in [3.05, 3.63) is 354 Å². The maximum atomic E-state index is 6.67. The van der Waals surface area contributed by atoms with E-state index in [-0.39, 0.29) is 0 Å². The molecule has 0 atom stereocenters. The molecule has 13 aromatic rings. The summed E-state index contributed by atoms with van der Waals surface area (Å²) in [4.78, 5) is 2.43. The number of hydrogen-bond donors (Lipinski definition) is 0. The summed E-state index contributed by atoms with van der Waals surface area (Å²) < 4.78 is 13.3. The van der Waals surface area contributed by atoms with E-state index < -0.39 is 10.8 Å². The molecule has 17 rings (SSSR count). The molecule has 0 radical (unpaired) electrons. The molecule has 0 saturated heterocycles. The van der Waals surface area contributed by atoms with Gasteiger partial charge < -0.3 is 14.4 Å². The highest BCUT2D eigenvalue weighted by Gasteiger charge is 2.53. The Balaban J connectivity index is 0.813. The summed E-state index contributed by atoms with van der Waals surface area (Å²) in [7, 11) is 0. The lowest BCUT2D eigenvalue weighted by molar-refractivity contribution is 0.436. The highest BCUT2D eigenvalue weighted by molar-refractivity contribution is 5.99. The number of rotatable bonds is 7. The van der Waals surface area contributed by atoms with Crippen LogP contribution < -0.4 is 14.4 Å². The average molecular weight is 1060 g/mol. The Morgan fingerprint density at radius 2 is 0.506 bits per heavy atom. The molecule has 4 aliphatic rings. The molecular weight excluding hydrogens is 1010 g/mol. The molecule has 0 fully saturated rings. The molecule has 388 valence electrons. The Morgan fingerprint density at radius 1 is 0.205 bits per heavy atom. The van der Waals surface area contributed by atoms with E-state index in [0.29, 0.717) is 0 Å². The van der Waals surface area contributed by atoms with Crippen LogP contribution in [0.2, 0.25) is 0 Å². The van der Waals surface area contributed by atoms with Gasteiger partial charge in [0, 0.05) is 39.2 Å². The van der Waals surface area contributed by atoms with Crippen LogP contribution >= 0.6 is 0 Å². The SMILES string of the molecule is c1ccc(-c2ccc(-c3ccccc3N(c3ccc(-c4cccc5c4-c4ccccc4C54c5ccccc5Oc5ccccc54)cc3)c3ccc(-c4cccc5c4-c4ccccc4C54c5ccccc5Oc5ccccc54)cc3)cc2)cc1. The lowest BCUT2D eigenvalue weighted by Crippen LogP contribution is -2.32. The third-order valence-electron chi connectivity index (χ3n) is 18.1. The van der Waals surface area contributed by atoms with Gasteiger partial charge >= 0.3 is 0 Å². The van der Waals surface area contributed by atoms with Crippen LogP contribution in [0, 0.1) is 0 Å². The van der Waals surface area contributed by atoms with E-state index in [2.05, 4.69) is 314 Å². The Hall–Kier alpha value is -10.7. The van der Waals surface area contributed by atoms with Crippen LogP contribution in [0.3, 0.4) is 0 Å². The van der Waals surface area contributed by atoms with E-state index in [9.17, 15) is 0 Å². The molecule has 2 aliphatic heterocycles. The monoisotopic (exact) mass is 1060 g/mol. The van der Waals surface area contributed by atoms with Crippen molar-refractivity contribution in [2.24, 2.45) is 0 Å². The molecule has 2 heterocycles. The van der Waals surface area contributed by atoms with Gasteiger partial charge in [0.2, 0.25) is 0 Å². The van der Waals surface area contributed by atoms with Crippen LogP contribution in [0.5, 0.6) is 23.0 Å². The number of anilines is 3. The van der Waals surface area contributed by atoms with Crippen molar-refractivity contribution in [3.63, 3.8) is 0 Å². The fourth-order valence-corrected chi connectivity index (χ4v) is 14.7. The Bertz CT molecular complexity index is 4400. The van der Waals surface area contributed by atoms with Gasteiger partial charge in [-0.3, -0.25) is 0 Å². The van der Waals surface area contributed by atoms with Crippen molar-refractivity contribution in [1.29, 1.82) is 0 Å². The summed E-state index contributed by atoms with van der Waals surface area (Å²) in [5, 5.41) is 0. The number of benzene rings is 13. The Kier molecular flexibility index (Phi) is 10.4. The molecule has 0 amide bonds. The van der Waals surface area contributed by atoms with E-state index >= 15 is 0 Å². The molecule has 83 heavy (non-hydrogen) atoms. The Morgan fingerprint density at radius 3 is 0.952 bits per heavy atom. The largest absolute Gasteiger partial charge is 0.457 e. The Labute approximate surface area is 483 Å². The van der Waals surface area contributed by atoms with E-state index in [1.54, 1.807) is 0 Å². The van der Waals surface area contributed by atoms with Gasteiger partial charge in [0.25, 0.3) is 0 Å². The molecule has 0 unspecified atom stereocenters. The van der Waals surface area contributed by atoms with Gasteiger partial charge in [-0.15, -0.1) is 0 Å². The standard InChI is InChI=1S/C80H51NO2/c1-2-20-52(21-3-1)53-40-42-54(43-41-53)59-22-6-13-35-72(59)81(57-48-44-55(45-49-57)60-25-18-33-70-77(60)62-23-4-7-27-64(62)79(70)66-29-9-14-36-73(66)82-74-37-15-10-30-67(74)79)58-50-46-56(47-51-58)61-26-19-34-71-78(61)63-24-5-8-28-65(63)80(71)68-31-11-16-38-75(68)83-76-39-17-12-32-69(76)80/h1-51H. The minimum Gasteiger partial charge on any atom is -0.457 e. The van der Waals surface area contributed by atoms with Gasteiger partial charge in [-0.05, 0) is 138 Å². The average Bonchev–Trinajstić information content (AvgIpc) is 1.71. The molecule has 3 nitrogen and oxygen atoms in total. The van der Waals surface area contributed by atoms with E-state index in [1.807, 2.05) is 0 Å². The van der Waals surface area contributed by atoms with Gasteiger partial charge in [0.1, 0.15) is 23.0 Å². The number of ether oxygens (including phenoxy) is 2. The summed E-state index contributed by atoms with van der Waals surface area (Å²) >= 11 is 0. The first kappa shape index (κ1) is 47.1. The third-order valence-corrected chi connectivity index (χ3v) is 18.1. The molecule has 2 aliphatic carbocycles. The lowest BCUT2D eigenvalue weighted by atomic mass is 9.66. The van der Waals surface area contributed by atoms with Gasteiger partial charge in [-0.1, -0.05) is 255 Å². The number of para-hydroxylation sites is 5. The fourth-order valence-electron chi connectivity index (χ4n) is 14.7. The zero-order valence-electron chi connectivity index (χ0n) is 45.2. The highest BCUT2D eigenvalue weighted by atomic mass is 16.5. The van der Waals surface area contributed by atoms with Crippen LogP contribution in [-0.2, 0) is 10.8 Å². The molecule has 3 heteroatoms. The summed E-state index contributed by atoms with van der Waals surface area (Å²) in [6.45, 7) is 0. The molecule has 0 bridgehead atoms. The summed E-state index contributed by atoms with van der Waals surface area (Å²) in [6, 6.07) is 113. The van der Waals surface area contributed by atoms with E-state index in [0.717, 1.165) is 84.6 Å². The number of nitrogens with zero attached hydrogens (tertiary/aromatic N) is 1. The summed E-state index contributed by atoms with van der Waals surface area (Å²) in [6.07, 6.45) is 0. The zero-order chi connectivity index (χ0) is 54.6. The van der Waals surface area contributed by atoms with Crippen molar-refractivity contribution in [3.8, 4) is 89.8 Å². The van der Waals surface area contributed by atoms with Gasteiger partial charge in [-0.2, -0.15) is 0 Å². The van der Waals surface area contributed by atoms with Gasteiger partial charge in [0.05, 0.1) is 16.5 Å². The topological polar surface area (TPSA) is 21.7 Å². The third kappa shape index (κ3) is 6.80. The van der Waals surface area contributed by atoms with Crippen molar-refractivity contribution in [1.82, 2.24) is 0 Å². The molecule has 0 aromatic heterocycles.